The van der Waals surface area contributed by atoms with Crippen LogP contribution in [-0.2, 0) is 9.59 Å². The van der Waals surface area contributed by atoms with Crippen LogP contribution in [0.5, 0.6) is 0 Å². The third-order valence-electron chi connectivity index (χ3n) is 5.73. The van der Waals surface area contributed by atoms with Crippen LogP contribution >= 0.6 is 11.3 Å². The Labute approximate surface area is 185 Å². The monoisotopic (exact) mass is 446 g/mol. The van der Waals surface area contributed by atoms with E-state index in [2.05, 4.69) is 10.6 Å². The average molecular weight is 447 g/mol. The van der Waals surface area contributed by atoms with Gasteiger partial charge in [-0.25, -0.2) is 5.48 Å². The molecule has 2 heterocycles. The molecule has 1 aliphatic rings. The van der Waals surface area contributed by atoms with E-state index in [1.165, 1.54) is 11.3 Å². The second kappa shape index (κ2) is 11.2. The Morgan fingerprint density at radius 3 is 2.65 bits per heavy atom. The molecule has 4 N–H and O–H groups in total. The minimum atomic E-state index is -0.618. The number of thiophene rings is 1. The molecule has 0 spiro atoms. The molecule has 9 heteroatoms. The molecule has 0 aliphatic carbocycles. The normalized spacial score (nSPS) is 15.6. The fourth-order valence-electron chi connectivity index (χ4n) is 4.00. The van der Waals surface area contributed by atoms with Crippen molar-refractivity contribution < 1.29 is 19.6 Å². The lowest BCUT2D eigenvalue weighted by Crippen LogP contribution is -2.54. The minimum absolute atomic E-state index is 0.0677. The summed E-state index contributed by atoms with van der Waals surface area (Å²) in [6, 6.07) is 9.08. The maximum Gasteiger partial charge on any atom is 0.262 e. The van der Waals surface area contributed by atoms with E-state index in [0.29, 0.717) is 36.9 Å². The van der Waals surface area contributed by atoms with E-state index in [4.69, 9.17) is 5.21 Å². The zero-order valence-corrected chi connectivity index (χ0v) is 18.5. The summed E-state index contributed by atoms with van der Waals surface area (Å²) in [6.07, 6.45) is 3.69. The Morgan fingerprint density at radius 2 is 1.97 bits per heavy atom. The van der Waals surface area contributed by atoms with Gasteiger partial charge in [0.15, 0.2) is 0 Å². The number of hydroxylamine groups is 1. The van der Waals surface area contributed by atoms with Gasteiger partial charge in [-0.2, -0.15) is 0 Å². The van der Waals surface area contributed by atoms with Crippen LogP contribution in [0.1, 0.15) is 41.8 Å². The summed E-state index contributed by atoms with van der Waals surface area (Å²) >= 11 is 1.42. The molecule has 0 bridgehead atoms. The van der Waals surface area contributed by atoms with E-state index < -0.39 is 6.04 Å². The summed E-state index contributed by atoms with van der Waals surface area (Å²) in [7, 11) is 1.76. The van der Waals surface area contributed by atoms with Crippen molar-refractivity contribution in [2.24, 2.45) is 5.92 Å². The standard InChI is InChI=1S/C22H30N4O4S/c1-23-14-17(24-21(28)19-13-16-6-2-3-7-18(16)31-19)22(29)26-11-9-15(10-12-26)5-4-8-20(27)25-30/h2-3,6-7,13,15,17,23,30H,4-5,8-12,14H2,1H3,(H,24,28)(H,25,27). The summed E-state index contributed by atoms with van der Waals surface area (Å²) in [5.74, 6) is -0.197. The summed E-state index contributed by atoms with van der Waals surface area (Å²) < 4.78 is 1.04. The first-order chi connectivity index (χ1) is 15.0. The lowest BCUT2D eigenvalue weighted by molar-refractivity contribution is -0.134. The predicted molar refractivity (Wildman–Crippen MR) is 120 cm³/mol. The van der Waals surface area contributed by atoms with E-state index in [-0.39, 0.29) is 17.7 Å². The third kappa shape index (κ3) is 6.25. The SMILES string of the molecule is CNCC(NC(=O)c1cc2ccccc2s1)C(=O)N1CCC(CCCC(=O)NO)CC1. The Morgan fingerprint density at radius 1 is 1.23 bits per heavy atom. The zero-order chi connectivity index (χ0) is 22.2. The van der Waals surface area contributed by atoms with Crippen LogP contribution in [0.25, 0.3) is 10.1 Å². The molecule has 3 amide bonds. The summed E-state index contributed by atoms with van der Waals surface area (Å²) in [5, 5.41) is 15.5. The highest BCUT2D eigenvalue weighted by Crippen LogP contribution is 2.26. The number of nitrogens with zero attached hydrogens (tertiary/aromatic N) is 1. The largest absolute Gasteiger partial charge is 0.341 e. The summed E-state index contributed by atoms with van der Waals surface area (Å²) in [4.78, 5) is 39.4. The molecule has 1 atom stereocenters. The fraction of sp³-hybridized carbons (Fsp3) is 0.500. The maximum absolute atomic E-state index is 13.1. The van der Waals surface area contributed by atoms with Gasteiger partial charge in [-0.3, -0.25) is 19.6 Å². The number of fused-ring (bicyclic) bond motifs is 1. The Hall–Kier alpha value is -2.49. The van der Waals surface area contributed by atoms with Gasteiger partial charge >= 0.3 is 0 Å². The number of hydrogen-bond acceptors (Lipinski definition) is 6. The predicted octanol–water partition coefficient (Wildman–Crippen LogP) is 2.13. The highest BCUT2D eigenvalue weighted by atomic mass is 32.1. The van der Waals surface area contributed by atoms with Gasteiger partial charge in [-0.05, 0) is 56.2 Å². The van der Waals surface area contributed by atoms with Crippen molar-refractivity contribution in [2.75, 3.05) is 26.7 Å². The van der Waals surface area contributed by atoms with Gasteiger partial charge in [0.05, 0.1) is 4.88 Å². The third-order valence-corrected chi connectivity index (χ3v) is 6.84. The lowest BCUT2D eigenvalue weighted by atomic mass is 9.91. The molecule has 1 unspecified atom stereocenters. The molecule has 31 heavy (non-hydrogen) atoms. The number of nitrogens with one attached hydrogen (secondary N) is 3. The number of carbonyl (C=O) groups is 3. The van der Waals surface area contributed by atoms with Crippen LogP contribution in [-0.4, -0.2) is 60.6 Å². The first-order valence-electron chi connectivity index (χ1n) is 10.7. The van der Waals surface area contributed by atoms with Crippen LogP contribution in [0.4, 0.5) is 0 Å². The van der Waals surface area contributed by atoms with Crippen molar-refractivity contribution in [3.8, 4) is 0 Å². The van der Waals surface area contributed by atoms with Gasteiger partial charge in [-0.1, -0.05) is 18.2 Å². The van der Waals surface area contributed by atoms with Crippen LogP contribution in [0.15, 0.2) is 30.3 Å². The van der Waals surface area contributed by atoms with Crippen LogP contribution in [0, 0.1) is 5.92 Å². The number of benzene rings is 1. The number of hydrogen-bond donors (Lipinski definition) is 4. The minimum Gasteiger partial charge on any atom is -0.341 e. The maximum atomic E-state index is 13.1. The van der Waals surface area contributed by atoms with E-state index in [9.17, 15) is 14.4 Å². The van der Waals surface area contributed by atoms with Gasteiger partial charge in [0.1, 0.15) is 6.04 Å². The molecule has 1 aromatic heterocycles. The number of carbonyl (C=O) groups excluding carboxylic acids is 3. The number of rotatable bonds is 9. The van der Waals surface area contributed by atoms with Gasteiger partial charge in [0, 0.05) is 30.8 Å². The van der Waals surface area contributed by atoms with Gasteiger partial charge in [0.2, 0.25) is 11.8 Å². The molecule has 0 radical (unpaired) electrons. The lowest BCUT2D eigenvalue weighted by Gasteiger charge is -2.34. The van der Waals surface area contributed by atoms with Crippen molar-refractivity contribution in [1.29, 1.82) is 0 Å². The second-order valence-corrected chi connectivity index (χ2v) is 9.01. The Balaban J connectivity index is 1.53. The second-order valence-electron chi connectivity index (χ2n) is 7.93. The quantitative estimate of drug-likeness (QED) is 0.348. The summed E-state index contributed by atoms with van der Waals surface area (Å²) in [5.41, 5.74) is 1.65. The zero-order valence-electron chi connectivity index (χ0n) is 17.7. The molecular formula is C22H30N4O4S. The molecule has 3 rings (SSSR count). The van der Waals surface area contributed by atoms with E-state index >= 15 is 0 Å². The number of piperidine rings is 1. The van der Waals surface area contributed by atoms with E-state index in [0.717, 1.165) is 35.8 Å². The summed E-state index contributed by atoms with van der Waals surface area (Å²) in [6.45, 7) is 1.66. The van der Waals surface area contributed by atoms with Crippen molar-refractivity contribution in [1.82, 2.24) is 21.0 Å². The first kappa shape index (κ1) is 23.2. The Bertz CT molecular complexity index is 875. The van der Waals surface area contributed by atoms with Crippen molar-refractivity contribution in [3.63, 3.8) is 0 Å². The molecule has 0 saturated carbocycles. The fourth-order valence-corrected chi connectivity index (χ4v) is 4.96. The van der Waals surface area contributed by atoms with Crippen molar-refractivity contribution in [3.05, 3.63) is 35.2 Å². The molecule has 1 saturated heterocycles. The molecule has 1 aliphatic heterocycles. The van der Waals surface area contributed by atoms with Gasteiger partial charge in [-0.15, -0.1) is 11.3 Å². The molecule has 2 aromatic rings. The van der Waals surface area contributed by atoms with Crippen LogP contribution in [0.2, 0.25) is 0 Å². The van der Waals surface area contributed by atoms with Crippen LogP contribution < -0.4 is 16.1 Å². The molecule has 168 valence electrons. The highest BCUT2D eigenvalue weighted by molar-refractivity contribution is 7.20. The molecule has 1 fully saturated rings. The molecule has 8 nitrogen and oxygen atoms in total. The Kier molecular flexibility index (Phi) is 8.39. The topological polar surface area (TPSA) is 111 Å². The number of amides is 3. The van der Waals surface area contributed by atoms with Gasteiger partial charge in [0.25, 0.3) is 5.91 Å². The van der Waals surface area contributed by atoms with Gasteiger partial charge < -0.3 is 15.5 Å². The first-order valence-corrected chi connectivity index (χ1v) is 11.5. The van der Waals surface area contributed by atoms with E-state index in [1.54, 1.807) is 12.5 Å². The van der Waals surface area contributed by atoms with Crippen LogP contribution in [0.3, 0.4) is 0 Å². The number of likely N-dealkylation sites (N-methyl/N-ethyl adjacent to an activating group) is 1. The molecule has 1 aromatic carbocycles. The average Bonchev–Trinajstić information content (AvgIpc) is 3.23. The number of likely N-dealkylation sites (tertiary alicyclic amines) is 1. The van der Waals surface area contributed by atoms with Crippen molar-refractivity contribution in [2.45, 2.75) is 38.1 Å². The highest BCUT2D eigenvalue weighted by Gasteiger charge is 2.29. The smallest absolute Gasteiger partial charge is 0.262 e. The molecular weight excluding hydrogens is 416 g/mol. The van der Waals surface area contributed by atoms with Crippen molar-refractivity contribution >= 4 is 39.1 Å². The van der Waals surface area contributed by atoms with E-state index in [1.807, 2.05) is 35.2 Å².